The molecule has 20 heavy (non-hydrogen) atoms. The van der Waals surface area contributed by atoms with Gasteiger partial charge in [-0.05, 0) is 38.1 Å². The molecule has 106 valence electrons. The summed E-state index contributed by atoms with van der Waals surface area (Å²) in [6.07, 6.45) is -0.639. The van der Waals surface area contributed by atoms with Crippen LogP contribution in [0.4, 0.5) is 4.39 Å². The van der Waals surface area contributed by atoms with E-state index in [0.717, 1.165) is 5.56 Å². The number of aliphatic hydroxyl groups is 1. The Bertz CT molecular complexity index is 611. The van der Waals surface area contributed by atoms with Crippen LogP contribution in [-0.4, -0.2) is 5.11 Å². The molecular formula is C16H16ClFO2. The summed E-state index contributed by atoms with van der Waals surface area (Å²) in [5.41, 5.74) is 2.15. The second-order valence-electron chi connectivity index (χ2n) is 4.74. The van der Waals surface area contributed by atoms with E-state index >= 15 is 0 Å². The first-order chi connectivity index (χ1) is 9.47. The zero-order valence-corrected chi connectivity index (χ0v) is 12.1. The summed E-state index contributed by atoms with van der Waals surface area (Å²) >= 11 is 5.70. The molecule has 0 fully saturated rings. The first kappa shape index (κ1) is 14.8. The maximum absolute atomic E-state index is 13.7. The van der Waals surface area contributed by atoms with E-state index in [0.29, 0.717) is 21.9 Å². The van der Waals surface area contributed by atoms with Crippen LogP contribution in [0.1, 0.15) is 29.7 Å². The van der Waals surface area contributed by atoms with Gasteiger partial charge in [-0.1, -0.05) is 29.3 Å². The van der Waals surface area contributed by atoms with Gasteiger partial charge in [0.25, 0.3) is 0 Å². The third-order valence-corrected chi connectivity index (χ3v) is 3.25. The van der Waals surface area contributed by atoms with Crippen LogP contribution in [0, 0.1) is 12.7 Å². The number of aliphatic hydroxyl groups excluding tert-OH is 1. The summed E-state index contributed by atoms with van der Waals surface area (Å²) < 4.78 is 19.3. The predicted molar refractivity (Wildman–Crippen MR) is 77.6 cm³/mol. The van der Waals surface area contributed by atoms with Gasteiger partial charge in [-0.25, -0.2) is 4.39 Å². The molecule has 0 saturated carbocycles. The Labute approximate surface area is 122 Å². The fourth-order valence-electron chi connectivity index (χ4n) is 1.92. The van der Waals surface area contributed by atoms with E-state index in [1.54, 1.807) is 25.1 Å². The molecule has 0 aliphatic heterocycles. The predicted octanol–water partition coefficient (Wildman–Crippen LogP) is 4.42. The van der Waals surface area contributed by atoms with Gasteiger partial charge in [0.05, 0.1) is 6.10 Å². The molecule has 1 unspecified atom stereocenters. The zero-order chi connectivity index (χ0) is 14.7. The van der Waals surface area contributed by atoms with Crippen molar-refractivity contribution in [2.45, 2.75) is 26.6 Å². The van der Waals surface area contributed by atoms with E-state index in [1.807, 2.05) is 19.1 Å². The van der Waals surface area contributed by atoms with Crippen molar-refractivity contribution in [3.63, 3.8) is 0 Å². The quantitative estimate of drug-likeness (QED) is 0.904. The molecular weight excluding hydrogens is 279 g/mol. The fourth-order valence-corrected chi connectivity index (χ4v) is 2.08. The third kappa shape index (κ3) is 3.50. The minimum absolute atomic E-state index is 0.0891. The Morgan fingerprint density at radius 2 is 2.00 bits per heavy atom. The van der Waals surface area contributed by atoms with Gasteiger partial charge in [-0.2, -0.15) is 0 Å². The van der Waals surface area contributed by atoms with Crippen LogP contribution in [0.15, 0.2) is 36.4 Å². The van der Waals surface area contributed by atoms with Crippen LogP contribution in [0.5, 0.6) is 5.75 Å². The van der Waals surface area contributed by atoms with E-state index in [1.165, 1.54) is 6.07 Å². The highest BCUT2D eigenvalue weighted by atomic mass is 35.5. The van der Waals surface area contributed by atoms with Crippen LogP contribution in [-0.2, 0) is 6.61 Å². The summed E-state index contributed by atoms with van der Waals surface area (Å²) in [5, 5.41) is 10.1. The molecule has 2 rings (SSSR count). The molecule has 0 aromatic heterocycles. The highest BCUT2D eigenvalue weighted by Gasteiger charge is 2.11. The Morgan fingerprint density at radius 1 is 1.25 bits per heavy atom. The van der Waals surface area contributed by atoms with E-state index < -0.39 is 11.9 Å². The first-order valence-corrected chi connectivity index (χ1v) is 6.70. The second kappa shape index (κ2) is 6.25. The minimum atomic E-state index is -0.639. The monoisotopic (exact) mass is 294 g/mol. The molecule has 1 atom stereocenters. The van der Waals surface area contributed by atoms with E-state index in [9.17, 15) is 9.50 Å². The number of ether oxygens (including phenoxy) is 1. The highest BCUT2D eigenvalue weighted by Crippen LogP contribution is 2.27. The zero-order valence-electron chi connectivity index (χ0n) is 11.4. The Morgan fingerprint density at radius 3 is 2.65 bits per heavy atom. The number of hydrogen-bond donors (Lipinski definition) is 1. The molecule has 0 saturated heterocycles. The molecule has 0 amide bonds. The molecule has 2 aromatic carbocycles. The van der Waals surface area contributed by atoms with Crippen molar-refractivity contribution in [3.8, 4) is 5.75 Å². The lowest BCUT2D eigenvalue weighted by atomic mass is 10.1. The Balaban J connectivity index is 2.18. The maximum Gasteiger partial charge on any atom is 0.131 e. The van der Waals surface area contributed by atoms with Gasteiger partial charge in [0.2, 0.25) is 0 Å². The van der Waals surface area contributed by atoms with Crippen LogP contribution < -0.4 is 4.74 Å². The maximum atomic E-state index is 13.7. The molecule has 0 radical (unpaired) electrons. The normalized spacial score (nSPS) is 12.2. The summed E-state index contributed by atoms with van der Waals surface area (Å²) in [4.78, 5) is 0. The van der Waals surface area contributed by atoms with Crippen LogP contribution in [0.3, 0.4) is 0 Å². The summed E-state index contributed by atoms with van der Waals surface area (Å²) in [6.45, 7) is 3.70. The number of aryl methyl sites for hydroxylation is 1. The van der Waals surface area contributed by atoms with Crippen molar-refractivity contribution in [1.29, 1.82) is 0 Å². The third-order valence-electron chi connectivity index (χ3n) is 3.01. The van der Waals surface area contributed by atoms with Gasteiger partial charge in [0.15, 0.2) is 0 Å². The van der Waals surface area contributed by atoms with Gasteiger partial charge < -0.3 is 9.84 Å². The van der Waals surface area contributed by atoms with Gasteiger partial charge in [0.1, 0.15) is 18.2 Å². The standard InChI is InChI=1S/C16H16ClFO2/c1-10-3-6-16(14(7-10)11(2)19)20-9-12-4-5-13(17)8-15(12)18/h3-8,11,19H,9H2,1-2H3. The highest BCUT2D eigenvalue weighted by molar-refractivity contribution is 6.30. The van der Waals surface area contributed by atoms with E-state index in [-0.39, 0.29) is 6.61 Å². The topological polar surface area (TPSA) is 29.5 Å². The number of hydrogen-bond acceptors (Lipinski definition) is 2. The number of benzene rings is 2. The largest absolute Gasteiger partial charge is 0.488 e. The van der Waals surface area contributed by atoms with Crippen molar-refractivity contribution in [2.75, 3.05) is 0 Å². The van der Waals surface area contributed by atoms with Crippen LogP contribution >= 0.6 is 11.6 Å². The van der Waals surface area contributed by atoms with Crippen molar-refractivity contribution in [2.24, 2.45) is 0 Å². The van der Waals surface area contributed by atoms with Crippen molar-refractivity contribution >= 4 is 11.6 Å². The minimum Gasteiger partial charge on any atom is -0.488 e. The molecule has 0 spiro atoms. The average molecular weight is 295 g/mol. The average Bonchev–Trinajstić information content (AvgIpc) is 2.38. The van der Waals surface area contributed by atoms with Crippen molar-refractivity contribution < 1.29 is 14.2 Å². The van der Waals surface area contributed by atoms with Gasteiger partial charge in [0, 0.05) is 16.1 Å². The fraction of sp³-hybridized carbons (Fsp3) is 0.250. The Kier molecular flexibility index (Phi) is 4.63. The van der Waals surface area contributed by atoms with Gasteiger partial charge >= 0.3 is 0 Å². The summed E-state index contributed by atoms with van der Waals surface area (Å²) in [7, 11) is 0. The lowest BCUT2D eigenvalue weighted by Gasteiger charge is -2.14. The van der Waals surface area contributed by atoms with Crippen molar-refractivity contribution in [1.82, 2.24) is 0 Å². The SMILES string of the molecule is Cc1ccc(OCc2ccc(Cl)cc2F)c(C(C)O)c1. The van der Waals surface area contributed by atoms with Crippen LogP contribution in [0.2, 0.25) is 5.02 Å². The first-order valence-electron chi connectivity index (χ1n) is 6.32. The number of halogens is 2. The molecule has 2 nitrogen and oxygen atoms in total. The van der Waals surface area contributed by atoms with Crippen molar-refractivity contribution in [3.05, 3.63) is 63.9 Å². The van der Waals surface area contributed by atoms with Gasteiger partial charge in [-0.15, -0.1) is 0 Å². The molecule has 0 bridgehead atoms. The summed E-state index contributed by atoms with van der Waals surface area (Å²) in [5.74, 6) is 0.156. The van der Waals surface area contributed by atoms with Crippen LogP contribution in [0.25, 0.3) is 0 Å². The molecule has 2 aromatic rings. The second-order valence-corrected chi connectivity index (χ2v) is 5.18. The lowest BCUT2D eigenvalue weighted by Crippen LogP contribution is -2.03. The van der Waals surface area contributed by atoms with E-state index in [4.69, 9.17) is 16.3 Å². The molecule has 0 aliphatic carbocycles. The molecule has 0 heterocycles. The molecule has 4 heteroatoms. The van der Waals surface area contributed by atoms with E-state index in [2.05, 4.69) is 0 Å². The smallest absolute Gasteiger partial charge is 0.131 e. The molecule has 0 aliphatic rings. The lowest BCUT2D eigenvalue weighted by molar-refractivity contribution is 0.189. The van der Waals surface area contributed by atoms with Gasteiger partial charge in [-0.3, -0.25) is 0 Å². The number of rotatable bonds is 4. The molecule has 1 N–H and O–H groups in total. The summed E-state index contributed by atoms with van der Waals surface area (Å²) in [6, 6.07) is 10.00. The Hall–Kier alpha value is -1.58.